The molecule has 0 heterocycles. The van der Waals surface area contributed by atoms with Gasteiger partial charge in [0.1, 0.15) is 11.5 Å². The van der Waals surface area contributed by atoms with Crippen LogP contribution in [-0.2, 0) is 20.2 Å². The standard InChI is InChI=1S/C22H18ClN3O5S.CH4O3S/c23-17-12-19(30-21(27)16-6-8-18(9-7-16)26-22(24)25)14-20(13-17)31-32(28,29)11-10-15-4-2-1-3-5-15;1-5(2,3)4/h1-14H,(H4,24,25,26);1H3,(H,2,3,4). The number of guanidine groups is 1. The van der Waals surface area contributed by atoms with E-state index < -0.39 is 26.2 Å². The van der Waals surface area contributed by atoms with Crippen molar-refractivity contribution < 1.29 is 35.1 Å². The third kappa shape index (κ3) is 12.1. The molecule has 0 aliphatic heterocycles. The van der Waals surface area contributed by atoms with Gasteiger partial charge < -0.3 is 20.4 Å². The topological polar surface area (TPSA) is 188 Å². The van der Waals surface area contributed by atoms with Gasteiger partial charge in [0, 0.05) is 17.2 Å². The van der Waals surface area contributed by atoms with Crippen LogP contribution in [0, 0.1) is 0 Å². The van der Waals surface area contributed by atoms with Crippen LogP contribution in [0.1, 0.15) is 15.9 Å². The van der Waals surface area contributed by atoms with Crippen molar-refractivity contribution in [3.8, 4) is 11.5 Å². The number of esters is 1. The van der Waals surface area contributed by atoms with E-state index in [2.05, 4.69) is 4.99 Å². The van der Waals surface area contributed by atoms with Crippen LogP contribution in [0.4, 0.5) is 5.69 Å². The number of rotatable bonds is 7. The second-order valence-electron chi connectivity index (χ2n) is 7.12. The number of nitrogens with zero attached hydrogens (tertiary/aromatic N) is 1. The Morgan fingerprint density at radius 1 is 0.946 bits per heavy atom. The summed E-state index contributed by atoms with van der Waals surface area (Å²) in [5.41, 5.74) is 12.0. The van der Waals surface area contributed by atoms with Gasteiger partial charge >= 0.3 is 16.1 Å². The molecule has 0 saturated heterocycles. The predicted octanol–water partition coefficient (Wildman–Crippen LogP) is 3.35. The molecule has 0 bridgehead atoms. The van der Waals surface area contributed by atoms with E-state index in [1.807, 2.05) is 6.07 Å². The Labute approximate surface area is 218 Å². The molecule has 3 rings (SSSR count). The molecule has 0 spiro atoms. The van der Waals surface area contributed by atoms with Gasteiger partial charge in [-0.25, -0.2) is 9.79 Å². The number of aliphatic imine (C=N–C) groups is 1. The minimum absolute atomic E-state index is 0.00744. The Balaban J connectivity index is 0.000000877. The van der Waals surface area contributed by atoms with E-state index in [0.29, 0.717) is 17.5 Å². The number of halogens is 1. The lowest BCUT2D eigenvalue weighted by Gasteiger charge is -2.08. The molecule has 0 radical (unpaired) electrons. The van der Waals surface area contributed by atoms with E-state index in [0.717, 1.165) is 5.41 Å². The molecular weight excluding hydrogens is 546 g/mol. The van der Waals surface area contributed by atoms with Crippen molar-refractivity contribution in [3.63, 3.8) is 0 Å². The summed E-state index contributed by atoms with van der Waals surface area (Å²) < 4.78 is 60.7. The fourth-order valence-electron chi connectivity index (χ4n) is 2.52. The third-order valence-corrected chi connectivity index (χ3v) is 4.97. The predicted molar refractivity (Wildman–Crippen MR) is 141 cm³/mol. The summed E-state index contributed by atoms with van der Waals surface area (Å²) in [7, 11) is -7.74. The molecular formula is C23H22ClN3O8S2. The first-order valence-electron chi connectivity index (χ1n) is 10.0. The summed E-state index contributed by atoms with van der Waals surface area (Å²) in [5, 5.41) is 1.04. The van der Waals surface area contributed by atoms with Crippen molar-refractivity contribution in [3.05, 3.63) is 94.4 Å². The lowest BCUT2D eigenvalue weighted by Crippen LogP contribution is -2.21. The van der Waals surface area contributed by atoms with Gasteiger partial charge in [-0.05, 0) is 42.0 Å². The van der Waals surface area contributed by atoms with Gasteiger partial charge in [0.15, 0.2) is 5.96 Å². The number of carbonyl (C=O) groups excluding carboxylic acids is 1. The first-order chi connectivity index (χ1) is 17.2. The first kappa shape index (κ1) is 29.3. The zero-order valence-electron chi connectivity index (χ0n) is 19.2. The zero-order valence-corrected chi connectivity index (χ0v) is 21.6. The largest absolute Gasteiger partial charge is 0.423 e. The number of ether oxygens (including phenoxy) is 1. The van der Waals surface area contributed by atoms with Gasteiger partial charge in [0.05, 0.1) is 22.9 Å². The van der Waals surface area contributed by atoms with Crippen molar-refractivity contribution >= 4 is 55.5 Å². The van der Waals surface area contributed by atoms with E-state index in [1.165, 1.54) is 48.5 Å². The van der Waals surface area contributed by atoms with Gasteiger partial charge in [-0.15, -0.1) is 0 Å². The first-order valence-corrected chi connectivity index (χ1v) is 13.7. The summed E-state index contributed by atoms with van der Waals surface area (Å²) >= 11 is 6.03. The second kappa shape index (κ2) is 12.9. The molecule has 11 nitrogen and oxygen atoms in total. The molecule has 0 atom stereocenters. The Bertz CT molecular complexity index is 1500. The monoisotopic (exact) mass is 567 g/mol. The fraction of sp³-hybridized carbons (Fsp3) is 0.0435. The summed E-state index contributed by atoms with van der Waals surface area (Å²) in [6.45, 7) is 0. The Hall–Kier alpha value is -3.91. The SMILES string of the molecule is CS(=O)(=O)O.NC(N)=Nc1ccc(C(=O)Oc2cc(Cl)cc(OS(=O)(=O)C=Cc3ccccc3)c2)cc1. The molecule has 196 valence electrons. The van der Waals surface area contributed by atoms with Gasteiger partial charge in [0.25, 0.3) is 10.1 Å². The van der Waals surface area contributed by atoms with Gasteiger partial charge in [-0.3, -0.25) is 4.55 Å². The zero-order chi connectivity index (χ0) is 27.6. The van der Waals surface area contributed by atoms with E-state index in [4.69, 9.17) is 36.5 Å². The molecule has 0 saturated carbocycles. The summed E-state index contributed by atoms with van der Waals surface area (Å²) in [6, 6.07) is 18.8. The van der Waals surface area contributed by atoms with Crippen LogP contribution in [0.25, 0.3) is 6.08 Å². The molecule has 5 N–H and O–H groups in total. The quantitative estimate of drug-likeness (QED) is 0.0953. The van der Waals surface area contributed by atoms with Crippen LogP contribution in [0.5, 0.6) is 11.5 Å². The molecule has 0 amide bonds. The molecule has 0 aromatic heterocycles. The van der Waals surface area contributed by atoms with Crippen LogP contribution in [0.3, 0.4) is 0 Å². The lowest BCUT2D eigenvalue weighted by molar-refractivity contribution is 0.0734. The maximum atomic E-state index is 12.4. The van der Waals surface area contributed by atoms with Crippen LogP contribution < -0.4 is 20.4 Å². The highest BCUT2D eigenvalue weighted by Crippen LogP contribution is 2.28. The Morgan fingerprint density at radius 2 is 1.51 bits per heavy atom. The summed E-state index contributed by atoms with van der Waals surface area (Å²) in [6.07, 6.45) is 2.11. The van der Waals surface area contributed by atoms with Crippen LogP contribution in [0.15, 0.2) is 83.2 Å². The van der Waals surface area contributed by atoms with Crippen molar-refractivity contribution in [1.29, 1.82) is 0 Å². The molecule has 37 heavy (non-hydrogen) atoms. The van der Waals surface area contributed by atoms with Crippen LogP contribution >= 0.6 is 11.6 Å². The lowest BCUT2D eigenvalue weighted by atomic mass is 10.2. The number of hydrogen-bond donors (Lipinski definition) is 3. The van der Waals surface area contributed by atoms with Crippen molar-refractivity contribution in [2.45, 2.75) is 0 Å². The summed E-state index contributed by atoms with van der Waals surface area (Å²) in [5.74, 6) is -0.907. The molecule has 0 aliphatic carbocycles. The van der Waals surface area contributed by atoms with Crippen molar-refractivity contribution in [1.82, 2.24) is 0 Å². The maximum Gasteiger partial charge on any atom is 0.343 e. The Kier molecular flexibility index (Phi) is 10.2. The number of hydrogen-bond acceptors (Lipinski definition) is 8. The minimum atomic E-state index is -4.07. The fourth-order valence-corrected chi connectivity index (χ4v) is 3.48. The van der Waals surface area contributed by atoms with E-state index in [9.17, 15) is 21.6 Å². The van der Waals surface area contributed by atoms with Crippen LogP contribution in [-0.4, -0.2) is 39.6 Å². The highest BCUT2D eigenvalue weighted by molar-refractivity contribution is 7.90. The average Bonchev–Trinajstić information content (AvgIpc) is 2.77. The number of carbonyl (C=O) groups is 1. The minimum Gasteiger partial charge on any atom is -0.423 e. The molecule has 3 aromatic carbocycles. The third-order valence-electron chi connectivity index (χ3n) is 3.86. The second-order valence-corrected chi connectivity index (χ2v) is 10.4. The summed E-state index contributed by atoms with van der Waals surface area (Å²) in [4.78, 5) is 16.3. The average molecular weight is 568 g/mol. The van der Waals surface area contributed by atoms with Gasteiger partial charge in [0.2, 0.25) is 0 Å². The molecule has 0 aliphatic rings. The molecule has 0 unspecified atom stereocenters. The van der Waals surface area contributed by atoms with Crippen molar-refractivity contribution in [2.75, 3.05) is 6.26 Å². The Morgan fingerprint density at radius 3 is 2.08 bits per heavy atom. The van der Waals surface area contributed by atoms with Crippen molar-refractivity contribution in [2.24, 2.45) is 16.5 Å². The number of nitrogens with two attached hydrogens (primary N) is 2. The molecule has 0 fully saturated rings. The highest BCUT2D eigenvalue weighted by Gasteiger charge is 2.14. The maximum absolute atomic E-state index is 12.4. The number of benzene rings is 3. The van der Waals surface area contributed by atoms with E-state index >= 15 is 0 Å². The van der Waals surface area contributed by atoms with Crippen LogP contribution in [0.2, 0.25) is 5.02 Å². The molecule has 3 aromatic rings. The molecule has 14 heteroatoms. The van der Waals surface area contributed by atoms with Gasteiger partial charge in [-0.1, -0.05) is 41.9 Å². The van der Waals surface area contributed by atoms with E-state index in [-0.39, 0.29) is 28.0 Å². The normalized spacial score (nSPS) is 11.2. The smallest absolute Gasteiger partial charge is 0.343 e. The highest BCUT2D eigenvalue weighted by atomic mass is 35.5. The van der Waals surface area contributed by atoms with Gasteiger partial charge in [-0.2, -0.15) is 16.8 Å². The van der Waals surface area contributed by atoms with E-state index in [1.54, 1.807) is 24.3 Å².